The van der Waals surface area contributed by atoms with Crippen molar-refractivity contribution in [2.24, 2.45) is 7.05 Å². The number of esters is 1. The molecular formula is C26H19Cl3N2O4. The number of ether oxygens (including phenoxy) is 1. The lowest BCUT2D eigenvalue weighted by molar-refractivity contribution is -0.123. The molecule has 0 aliphatic heterocycles. The third-order valence-corrected chi connectivity index (χ3v) is 6.27. The van der Waals surface area contributed by atoms with Gasteiger partial charge in [-0.05, 0) is 54.3 Å². The van der Waals surface area contributed by atoms with Crippen LogP contribution in [0.1, 0.15) is 17.4 Å². The molecule has 1 heterocycles. The van der Waals surface area contributed by atoms with Gasteiger partial charge in [0.1, 0.15) is 5.69 Å². The summed E-state index contributed by atoms with van der Waals surface area (Å²) in [6.45, 7) is 1.43. The molecular weight excluding hydrogens is 511 g/mol. The lowest BCUT2D eigenvalue weighted by Crippen LogP contribution is -2.33. The van der Waals surface area contributed by atoms with Crippen molar-refractivity contribution < 1.29 is 14.3 Å². The van der Waals surface area contributed by atoms with Gasteiger partial charge in [0.25, 0.3) is 11.5 Å². The molecule has 9 heteroatoms. The Balaban J connectivity index is 1.73. The Hall–Kier alpha value is -3.32. The second kappa shape index (κ2) is 10.1. The van der Waals surface area contributed by atoms with Crippen molar-refractivity contribution in [3.05, 3.63) is 97.8 Å². The zero-order valence-corrected chi connectivity index (χ0v) is 20.9. The SMILES string of the molecule is CC(OC(=O)c1c(-c2ccc(Cl)cc2)c2ccccc2c(=O)n1C)C(=O)Nc1ccc(Cl)cc1Cl. The summed E-state index contributed by atoms with van der Waals surface area (Å²) in [6, 6.07) is 18.5. The number of carbonyl (C=O) groups excluding carboxylic acids is 2. The zero-order valence-electron chi connectivity index (χ0n) is 18.6. The largest absolute Gasteiger partial charge is 0.448 e. The Labute approximate surface area is 216 Å². The first-order valence-corrected chi connectivity index (χ1v) is 11.7. The molecule has 1 unspecified atom stereocenters. The molecule has 0 aliphatic carbocycles. The molecule has 0 fully saturated rings. The fourth-order valence-corrected chi connectivity index (χ4v) is 4.29. The molecule has 4 aromatic rings. The first-order chi connectivity index (χ1) is 16.7. The molecule has 1 amide bonds. The number of fused-ring (bicyclic) bond motifs is 1. The topological polar surface area (TPSA) is 77.4 Å². The summed E-state index contributed by atoms with van der Waals surface area (Å²) in [7, 11) is 1.49. The normalized spacial score (nSPS) is 11.8. The fourth-order valence-electron chi connectivity index (χ4n) is 3.71. The van der Waals surface area contributed by atoms with Gasteiger partial charge in [-0.2, -0.15) is 0 Å². The number of amides is 1. The van der Waals surface area contributed by atoms with Crippen molar-refractivity contribution in [3.8, 4) is 11.1 Å². The molecule has 4 rings (SSSR count). The van der Waals surface area contributed by atoms with Gasteiger partial charge in [-0.15, -0.1) is 0 Å². The van der Waals surface area contributed by atoms with Gasteiger partial charge < -0.3 is 14.6 Å². The van der Waals surface area contributed by atoms with E-state index in [1.807, 2.05) is 0 Å². The molecule has 1 atom stereocenters. The Kier molecular flexibility index (Phi) is 7.17. The Bertz CT molecular complexity index is 1510. The van der Waals surface area contributed by atoms with E-state index < -0.39 is 18.0 Å². The van der Waals surface area contributed by atoms with Crippen molar-refractivity contribution in [1.29, 1.82) is 0 Å². The maximum atomic E-state index is 13.4. The lowest BCUT2D eigenvalue weighted by atomic mass is 9.96. The van der Waals surface area contributed by atoms with E-state index in [9.17, 15) is 14.4 Å². The monoisotopic (exact) mass is 528 g/mol. The van der Waals surface area contributed by atoms with Crippen molar-refractivity contribution >= 4 is 63.1 Å². The van der Waals surface area contributed by atoms with Gasteiger partial charge in [-0.25, -0.2) is 4.79 Å². The summed E-state index contributed by atoms with van der Waals surface area (Å²) in [4.78, 5) is 39.1. The predicted octanol–water partition coefficient (Wildman–Crippen LogP) is 6.35. The predicted molar refractivity (Wildman–Crippen MR) is 140 cm³/mol. The first kappa shape index (κ1) is 24.8. The molecule has 0 bridgehead atoms. The molecule has 6 nitrogen and oxygen atoms in total. The minimum absolute atomic E-state index is 0.0141. The molecule has 1 aromatic heterocycles. The van der Waals surface area contributed by atoms with E-state index in [2.05, 4.69) is 5.32 Å². The number of pyridine rings is 1. The van der Waals surface area contributed by atoms with Crippen molar-refractivity contribution in [1.82, 2.24) is 4.57 Å². The second-order valence-electron chi connectivity index (χ2n) is 7.80. The Morgan fingerprint density at radius 1 is 0.914 bits per heavy atom. The van der Waals surface area contributed by atoms with Crippen LogP contribution in [0.5, 0.6) is 0 Å². The van der Waals surface area contributed by atoms with Crippen LogP contribution in [0.25, 0.3) is 21.9 Å². The lowest BCUT2D eigenvalue weighted by Gasteiger charge is -2.19. The van der Waals surface area contributed by atoms with E-state index in [1.54, 1.807) is 60.7 Å². The molecule has 0 aliphatic rings. The molecule has 1 N–H and O–H groups in total. The minimum Gasteiger partial charge on any atom is -0.448 e. The highest BCUT2D eigenvalue weighted by atomic mass is 35.5. The van der Waals surface area contributed by atoms with Crippen molar-refractivity contribution in [2.75, 3.05) is 5.32 Å². The third-order valence-electron chi connectivity index (χ3n) is 5.47. The van der Waals surface area contributed by atoms with E-state index in [0.717, 1.165) is 0 Å². The van der Waals surface area contributed by atoms with Crippen LogP contribution >= 0.6 is 34.8 Å². The maximum absolute atomic E-state index is 13.4. The van der Waals surface area contributed by atoms with E-state index >= 15 is 0 Å². The van der Waals surface area contributed by atoms with Gasteiger partial charge in [-0.1, -0.05) is 65.1 Å². The molecule has 0 saturated heterocycles. The number of nitrogens with one attached hydrogen (secondary N) is 1. The molecule has 0 saturated carbocycles. The van der Waals surface area contributed by atoms with E-state index in [4.69, 9.17) is 39.5 Å². The smallest absolute Gasteiger partial charge is 0.356 e. The summed E-state index contributed by atoms with van der Waals surface area (Å²) in [5, 5.41) is 4.82. The number of nitrogens with zero attached hydrogens (tertiary/aromatic N) is 1. The van der Waals surface area contributed by atoms with E-state index in [0.29, 0.717) is 37.6 Å². The average molecular weight is 530 g/mol. The number of benzene rings is 3. The fraction of sp³-hybridized carbons (Fsp3) is 0.115. The minimum atomic E-state index is -1.19. The molecule has 178 valence electrons. The number of carbonyl (C=O) groups is 2. The van der Waals surface area contributed by atoms with Crippen LogP contribution in [-0.2, 0) is 16.6 Å². The van der Waals surface area contributed by atoms with Crippen molar-refractivity contribution in [3.63, 3.8) is 0 Å². The summed E-state index contributed by atoms with van der Waals surface area (Å²) >= 11 is 18.1. The number of aromatic nitrogens is 1. The summed E-state index contributed by atoms with van der Waals surface area (Å²) in [6.07, 6.45) is -1.19. The number of hydrogen-bond donors (Lipinski definition) is 1. The highest BCUT2D eigenvalue weighted by molar-refractivity contribution is 6.36. The number of anilines is 1. The Morgan fingerprint density at radius 3 is 2.20 bits per heavy atom. The third kappa shape index (κ3) is 5.05. The van der Waals surface area contributed by atoms with Gasteiger partial charge in [0.15, 0.2) is 6.10 Å². The van der Waals surface area contributed by atoms with Crippen LogP contribution in [0.3, 0.4) is 0 Å². The van der Waals surface area contributed by atoms with E-state index in [1.165, 1.54) is 24.6 Å². The number of rotatable bonds is 5. The number of hydrogen-bond acceptors (Lipinski definition) is 4. The van der Waals surface area contributed by atoms with Crippen LogP contribution in [0.15, 0.2) is 71.5 Å². The van der Waals surface area contributed by atoms with Gasteiger partial charge >= 0.3 is 5.97 Å². The van der Waals surface area contributed by atoms with Gasteiger partial charge in [0, 0.05) is 28.0 Å². The quantitative estimate of drug-likeness (QED) is 0.306. The van der Waals surface area contributed by atoms with Gasteiger partial charge in [0.2, 0.25) is 0 Å². The zero-order chi connectivity index (χ0) is 25.3. The van der Waals surface area contributed by atoms with Gasteiger partial charge in [-0.3, -0.25) is 9.59 Å². The highest BCUT2D eigenvalue weighted by Gasteiger charge is 2.26. The molecule has 3 aromatic carbocycles. The number of halogens is 3. The van der Waals surface area contributed by atoms with Crippen LogP contribution < -0.4 is 10.9 Å². The van der Waals surface area contributed by atoms with Crippen LogP contribution in [0.2, 0.25) is 15.1 Å². The summed E-state index contributed by atoms with van der Waals surface area (Å²) < 4.78 is 6.73. The van der Waals surface area contributed by atoms with Gasteiger partial charge in [0.05, 0.1) is 10.7 Å². The highest BCUT2D eigenvalue weighted by Crippen LogP contribution is 2.32. The Morgan fingerprint density at radius 2 is 1.54 bits per heavy atom. The molecule has 35 heavy (non-hydrogen) atoms. The van der Waals surface area contributed by atoms with Crippen LogP contribution in [-0.4, -0.2) is 22.5 Å². The van der Waals surface area contributed by atoms with Crippen molar-refractivity contribution in [2.45, 2.75) is 13.0 Å². The second-order valence-corrected chi connectivity index (χ2v) is 9.08. The average Bonchev–Trinajstić information content (AvgIpc) is 2.83. The summed E-state index contributed by atoms with van der Waals surface area (Å²) in [5.41, 5.74) is 1.13. The summed E-state index contributed by atoms with van der Waals surface area (Å²) in [5.74, 6) is -1.42. The van der Waals surface area contributed by atoms with Crippen LogP contribution in [0.4, 0.5) is 5.69 Å². The van der Waals surface area contributed by atoms with Crippen LogP contribution in [0, 0.1) is 0 Å². The standard InChI is InChI=1S/C26H19Cl3N2O4/c1-14(24(32)30-21-12-11-17(28)13-20(21)29)35-26(34)23-22(15-7-9-16(27)10-8-15)18-5-3-4-6-19(18)25(33)31(23)2/h3-14H,1-2H3,(H,30,32). The first-order valence-electron chi connectivity index (χ1n) is 10.5. The molecule has 0 spiro atoms. The molecule has 0 radical (unpaired) electrons. The maximum Gasteiger partial charge on any atom is 0.356 e. The van der Waals surface area contributed by atoms with E-state index in [-0.39, 0.29) is 16.3 Å².